The summed E-state index contributed by atoms with van der Waals surface area (Å²) in [6.45, 7) is 5.24. The lowest BCUT2D eigenvalue weighted by atomic mass is 9.84. The van der Waals surface area contributed by atoms with Crippen LogP contribution in [0.25, 0.3) is 0 Å². The third-order valence-electron chi connectivity index (χ3n) is 2.67. The molecule has 94 valence electrons. The van der Waals surface area contributed by atoms with Crippen LogP contribution in [-0.2, 0) is 14.9 Å². The molecule has 1 rings (SSSR count). The lowest BCUT2D eigenvalue weighted by Gasteiger charge is -2.25. The average molecular weight is 300 g/mol. The summed E-state index contributed by atoms with van der Waals surface area (Å²) in [5.41, 5.74) is 1.20. The fourth-order valence-electron chi connectivity index (χ4n) is 1.56. The Kier molecular flexibility index (Phi) is 5.15. The van der Waals surface area contributed by atoms with E-state index in [1.165, 1.54) is 12.7 Å². The van der Waals surface area contributed by atoms with E-state index in [4.69, 9.17) is 0 Å². The Morgan fingerprint density at radius 2 is 2.18 bits per heavy atom. The second-order valence-corrected chi connectivity index (χ2v) is 5.49. The molecule has 1 aromatic carbocycles. The molecule has 0 aliphatic rings. The molecule has 0 atom stereocenters. The van der Waals surface area contributed by atoms with Crippen molar-refractivity contribution >= 4 is 21.9 Å². The molecule has 0 aromatic heterocycles. The number of carbonyl (C=O) groups excluding carboxylic acids is 1. The van der Waals surface area contributed by atoms with E-state index in [1.807, 2.05) is 12.1 Å². The Balaban J connectivity index is 2.59. The molecule has 0 bridgehead atoms. The highest BCUT2D eigenvalue weighted by Gasteiger charge is 2.20. The van der Waals surface area contributed by atoms with Gasteiger partial charge in [0.1, 0.15) is 0 Å². The molecule has 0 unspecified atom stereocenters. The highest BCUT2D eigenvalue weighted by molar-refractivity contribution is 9.10. The van der Waals surface area contributed by atoms with Crippen molar-refractivity contribution in [1.29, 1.82) is 0 Å². The highest BCUT2D eigenvalue weighted by atomic mass is 79.9. The number of nitrogens with one attached hydrogen (secondary N) is 1. The van der Waals surface area contributed by atoms with E-state index in [1.54, 1.807) is 0 Å². The van der Waals surface area contributed by atoms with Gasteiger partial charge in [-0.2, -0.15) is 0 Å². The summed E-state index contributed by atoms with van der Waals surface area (Å²) in [7, 11) is 1.39. The number of benzene rings is 1. The molecule has 4 heteroatoms. The number of methoxy groups -OCH3 is 1. The van der Waals surface area contributed by atoms with E-state index in [0.717, 1.165) is 11.0 Å². The number of hydrogen-bond donors (Lipinski definition) is 1. The summed E-state index contributed by atoms with van der Waals surface area (Å²) in [6.07, 6.45) is 0. The molecule has 1 N–H and O–H groups in total. The molecule has 0 heterocycles. The van der Waals surface area contributed by atoms with E-state index in [0.29, 0.717) is 0 Å². The zero-order chi connectivity index (χ0) is 12.9. The van der Waals surface area contributed by atoms with Crippen LogP contribution in [0.2, 0.25) is 0 Å². The number of ether oxygens (including phenoxy) is 1. The number of carbonyl (C=O) groups is 1. The summed E-state index contributed by atoms with van der Waals surface area (Å²) < 4.78 is 5.65. The van der Waals surface area contributed by atoms with Crippen LogP contribution in [0.15, 0.2) is 28.7 Å². The number of rotatable bonds is 5. The van der Waals surface area contributed by atoms with Gasteiger partial charge in [-0.05, 0) is 17.7 Å². The summed E-state index contributed by atoms with van der Waals surface area (Å²) >= 11 is 3.46. The lowest BCUT2D eigenvalue weighted by Crippen LogP contribution is -2.36. The Labute approximate surface area is 111 Å². The lowest BCUT2D eigenvalue weighted by molar-refractivity contribution is -0.139. The quantitative estimate of drug-likeness (QED) is 0.849. The van der Waals surface area contributed by atoms with Crippen molar-refractivity contribution in [2.45, 2.75) is 19.3 Å². The van der Waals surface area contributed by atoms with Gasteiger partial charge >= 0.3 is 5.97 Å². The van der Waals surface area contributed by atoms with E-state index < -0.39 is 0 Å². The molecule has 0 spiro atoms. The standard InChI is InChI=1S/C13H18BrNO2/c1-13(2,9-15-8-12(16)17-3)10-5-4-6-11(14)7-10/h4-7,15H,8-9H2,1-3H3. The van der Waals surface area contributed by atoms with E-state index in [9.17, 15) is 4.79 Å². The highest BCUT2D eigenvalue weighted by Crippen LogP contribution is 2.24. The van der Waals surface area contributed by atoms with E-state index >= 15 is 0 Å². The fraction of sp³-hybridized carbons (Fsp3) is 0.462. The van der Waals surface area contributed by atoms with Gasteiger partial charge in [-0.15, -0.1) is 0 Å². The van der Waals surface area contributed by atoms with Gasteiger partial charge in [0.25, 0.3) is 0 Å². The Hall–Kier alpha value is -0.870. The van der Waals surface area contributed by atoms with Crippen LogP contribution >= 0.6 is 15.9 Å². The first-order chi connectivity index (χ1) is 7.95. The van der Waals surface area contributed by atoms with Crippen LogP contribution < -0.4 is 5.32 Å². The van der Waals surface area contributed by atoms with Crippen LogP contribution in [0.1, 0.15) is 19.4 Å². The molecule has 17 heavy (non-hydrogen) atoms. The van der Waals surface area contributed by atoms with Gasteiger partial charge in [-0.1, -0.05) is 41.9 Å². The summed E-state index contributed by atoms with van der Waals surface area (Å²) in [5.74, 6) is -0.241. The van der Waals surface area contributed by atoms with Gasteiger partial charge in [-0.3, -0.25) is 4.79 Å². The summed E-state index contributed by atoms with van der Waals surface area (Å²) in [6, 6.07) is 8.20. The van der Waals surface area contributed by atoms with Crippen molar-refractivity contribution in [3.05, 3.63) is 34.3 Å². The van der Waals surface area contributed by atoms with Crippen molar-refractivity contribution in [2.75, 3.05) is 20.2 Å². The van der Waals surface area contributed by atoms with Gasteiger partial charge in [0.2, 0.25) is 0 Å². The Morgan fingerprint density at radius 1 is 1.47 bits per heavy atom. The maximum Gasteiger partial charge on any atom is 0.319 e. The van der Waals surface area contributed by atoms with Crippen LogP contribution in [-0.4, -0.2) is 26.2 Å². The maximum atomic E-state index is 11.0. The van der Waals surface area contributed by atoms with Crippen LogP contribution in [0, 0.1) is 0 Å². The molecular weight excluding hydrogens is 282 g/mol. The number of esters is 1. The van der Waals surface area contributed by atoms with Gasteiger partial charge in [-0.25, -0.2) is 0 Å². The minimum atomic E-state index is -0.241. The molecule has 0 saturated carbocycles. The third-order valence-corrected chi connectivity index (χ3v) is 3.16. The van der Waals surface area contributed by atoms with Gasteiger partial charge in [0.05, 0.1) is 13.7 Å². The first-order valence-corrected chi connectivity index (χ1v) is 6.28. The average Bonchev–Trinajstić information content (AvgIpc) is 2.28. The van der Waals surface area contributed by atoms with Crippen LogP contribution in [0.5, 0.6) is 0 Å². The number of hydrogen-bond acceptors (Lipinski definition) is 3. The van der Waals surface area contributed by atoms with Gasteiger partial charge < -0.3 is 10.1 Å². The third kappa shape index (κ3) is 4.48. The molecule has 0 radical (unpaired) electrons. The summed E-state index contributed by atoms with van der Waals surface area (Å²) in [4.78, 5) is 11.0. The zero-order valence-corrected chi connectivity index (χ0v) is 12.0. The predicted octanol–water partition coefficient (Wildman–Crippen LogP) is 2.49. The minimum Gasteiger partial charge on any atom is -0.468 e. The largest absolute Gasteiger partial charge is 0.468 e. The van der Waals surface area contributed by atoms with Crippen molar-refractivity contribution < 1.29 is 9.53 Å². The topological polar surface area (TPSA) is 38.3 Å². The van der Waals surface area contributed by atoms with E-state index in [2.05, 4.69) is 52.0 Å². The van der Waals surface area contributed by atoms with Gasteiger partial charge in [0.15, 0.2) is 0 Å². The molecule has 1 aromatic rings. The molecular formula is C13H18BrNO2. The molecule has 0 saturated heterocycles. The second-order valence-electron chi connectivity index (χ2n) is 4.57. The normalized spacial score (nSPS) is 11.3. The van der Waals surface area contributed by atoms with Crippen molar-refractivity contribution in [2.24, 2.45) is 0 Å². The molecule has 3 nitrogen and oxygen atoms in total. The van der Waals surface area contributed by atoms with Crippen molar-refractivity contribution in [3.8, 4) is 0 Å². The second kappa shape index (κ2) is 6.17. The van der Waals surface area contributed by atoms with Crippen molar-refractivity contribution in [3.63, 3.8) is 0 Å². The van der Waals surface area contributed by atoms with Crippen LogP contribution in [0.3, 0.4) is 0 Å². The molecule has 0 aliphatic carbocycles. The maximum absolute atomic E-state index is 11.0. The molecule has 0 fully saturated rings. The smallest absolute Gasteiger partial charge is 0.319 e. The number of halogens is 1. The summed E-state index contributed by atoms with van der Waals surface area (Å²) in [5, 5.41) is 3.10. The fourth-order valence-corrected chi connectivity index (χ4v) is 1.96. The SMILES string of the molecule is COC(=O)CNCC(C)(C)c1cccc(Br)c1. The predicted molar refractivity (Wildman–Crippen MR) is 72.1 cm³/mol. The molecule has 0 amide bonds. The van der Waals surface area contributed by atoms with Gasteiger partial charge in [0, 0.05) is 16.4 Å². The monoisotopic (exact) mass is 299 g/mol. The van der Waals surface area contributed by atoms with E-state index in [-0.39, 0.29) is 17.9 Å². The first-order valence-electron chi connectivity index (χ1n) is 5.49. The Morgan fingerprint density at radius 3 is 2.76 bits per heavy atom. The zero-order valence-electron chi connectivity index (χ0n) is 10.4. The van der Waals surface area contributed by atoms with Crippen LogP contribution in [0.4, 0.5) is 0 Å². The first kappa shape index (κ1) is 14.2. The molecule has 0 aliphatic heterocycles. The minimum absolute atomic E-state index is 0.0300. The Bertz CT molecular complexity index is 391. The van der Waals surface area contributed by atoms with Crippen molar-refractivity contribution in [1.82, 2.24) is 5.32 Å².